The number of imide groups is 1. The van der Waals surface area contributed by atoms with Gasteiger partial charge < -0.3 is 19.3 Å². The molecule has 1 unspecified atom stereocenters. The number of carbonyl (C=O) groups excluding carboxylic acids is 3. The van der Waals surface area contributed by atoms with E-state index in [4.69, 9.17) is 9.47 Å². The lowest BCUT2D eigenvalue weighted by molar-refractivity contribution is -0.153. The van der Waals surface area contributed by atoms with Crippen LogP contribution >= 0.6 is 0 Å². The zero-order valence-corrected chi connectivity index (χ0v) is 16.0. The van der Waals surface area contributed by atoms with E-state index in [0.29, 0.717) is 32.6 Å². The molecule has 1 saturated carbocycles. The number of likely N-dealkylation sites (N-methyl/N-ethyl adjacent to an activating group) is 1. The van der Waals surface area contributed by atoms with Crippen molar-refractivity contribution in [2.45, 2.75) is 69.2 Å². The zero-order valence-electron chi connectivity index (χ0n) is 16.0. The summed E-state index contributed by atoms with van der Waals surface area (Å²) < 4.78 is 11.2. The highest BCUT2D eigenvalue weighted by atomic mass is 16.7. The Hall–Kier alpha value is -1.67. The van der Waals surface area contributed by atoms with Gasteiger partial charge in [0.25, 0.3) is 5.91 Å². The molecule has 27 heavy (non-hydrogen) atoms. The first-order chi connectivity index (χ1) is 13.0. The lowest BCUT2D eigenvalue weighted by Crippen LogP contribution is -2.54. The lowest BCUT2D eigenvalue weighted by atomic mass is 9.81. The van der Waals surface area contributed by atoms with Crippen molar-refractivity contribution >= 4 is 17.8 Å². The number of hydrogen-bond acceptors (Lipinski definition) is 5. The molecule has 4 amide bonds. The minimum atomic E-state index is -0.741. The third kappa shape index (κ3) is 3.12. The van der Waals surface area contributed by atoms with Gasteiger partial charge in [0.05, 0.1) is 19.3 Å². The van der Waals surface area contributed by atoms with Gasteiger partial charge in [-0.2, -0.15) is 0 Å². The summed E-state index contributed by atoms with van der Waals surface area (Å²) in [5.74, 6) is -0.397. The SMILES string of the molecule is CN1C(=O)N(CC(=O)N2CCCCC2C2OCCO2)C(=O)C12CCCCC2. The van der Waals surface area contributed by atoms with Crippen molar-refractivity contribution in [2.24, 2.45) is 0 Å². The van der Waals surface area contributed by atoms with E-state index < -0.39 is 11.8 Å². The van der Waals surface area contributed by atoms with Crippen molar-refractivity contribution in [3.63, 3.8) is 0 Å². The van der Waals surface area contributed by atoms with E-state index in [1.165, 1.54) is 0 Å². The highest BCUT2D eigenvalue weighted by Gasteiger charge is 2.56. The van der Waals surface area contributed by atoms with Crippen LogP contribution in [0.3, 0.4) is 0 Å². The first kappa shape index (κ1) is 18.7. The Bertz CT molecular complexity index is 612. The van der Waals surface area contributed by atoms with E-state index in [9.17, 15) is 14.4 Å². The predicted molar refractivity (Wildman–Crippen MR) is 95.7 cm³/mol. The molecule has 4 fully saturated rings. The summed E-state index contributed by atoms with van der Waals surface area (Å²) in [7, 11) is 1.69. The van der Waals surface area contributed by atoms with Gasteiger partial charge >= 0.3 is 6.03 Å². The van der Waals surface area contributed by atoms with Crippen molar-refractivity contribution in [3.05, 3.63) is 0 Å². The molecule has 0 radical (unpaired) electrons. The minimum Gasteiger partial charge on any atom is -0.348 e. The highest BCUT2D eigenvalue weighted by Crippen LogP contribution is 2.39. The molecular formula is C19H29N3O5. The summed E-state index contributed by atoms with van der Waals surface area (Å²) in [6.07, 6.45) is 6.71. The first-order valence-corrected chi connectivity index (χ1v) is 10.2. The molecule has 1 spiro atoms. The fourth-order valence-electron chi connectivity index (χ4n) is 5.05. The van der Waals surface area contributed by atoms with Crippen molar-refractivity contribution in [3.8, 4) is 0 Å². The summed E-state index contributed by atoms with van der Waals surface area (Å²) in [6.45, 7) is 1.51. The van der Waals surface area contributed by atoms with E-state index in [0.717, 1.165) is 43.4 Å². The standard InChI is InChI=1S/C19H29N3O5/c1-20-18(25)22(17(24)19(20)8-4-2-5-9-19)13-15(23)21-10-6-3-7-14(21)16-26-11-12-27-16/h14,16H,2-13H2,1H3. The van der Waals surface area contributed by atoms with Crippen LogP contribution in [0.5, 0.6) is 0 Å². The van der Waals surface area contributed by atoms with Gasteiger partial charge in [0.2, 0.25) is 5.91 Å². The van der Waals surface area contributed by atoms with Crippen LogP contribution in [0, 0.1) is 0 Å². The smallest absolute Gasteiger partial charge is 0.327 e. The van der Waals surface area contributed by atoms with E-state index in [-0.39, 0.29) is 30.4 Å². The Morgan fingerprint density at radius 1 is 1.07 bits per heavy atom. The molecule has 0 bridgehead atoms. The summed E-state index contributed by atoms with van der Waals surface area (Å²) >= 11 is 0. The molecule has 0 aromatic rings. The summed E-state index contributed by atoms with van der Waals surface area (Å²) in [4.78, 5) is 43.4. The summed E-state index contributed by atoms with van der Waals surface area (Å²) in [6, 6.07) is -0.486. The highest BCUT2D eigenvalue weighted by molar-refractivity contribution is 6.09. The molecule has 150 valence electrons. The molecule has 1 aliphatic carbocycles. The normalized spacial score (nSPS) is 29.2. The van der Waals surface area contributed by atoms with E-state index in [1.54, 1.807) is 16.8 Å². The Morgan fingerprint density at radius 2 is 1.78 bits per heavy atom. The fraction of sp³-hybridized carbons (Fsp3) is 0.842. The second-order valence-corrected chi connectivity index (χ2v) is 8.09. The number of carbonyl (C=O) groups is 3. The molecule has 3 saturated heterocycles. The van der Waals surface area contributed by atoms with Crippen LogP contribution < -0.4 is 0 Å². The maximum atomic E-state index is 13.1. The summed E-state index contributed by atoms with van der Waals surface area (Å²) in [5, 5.41) is 0. The van der Waals surface area contributed by atoms with Crippen LogP contribution in [0.4, 0.5) is 4.79 Å². The third-order valence-electron chi connectivity index (χ3n) is 6.61. The number of amides is 4. The third-order valence-corrected chi connectivity index (χ3v) is 6.61. The quantitative estimate of drug-likeness (QED) is 0.692. The van der Waals surface area contributed by atoms with Crippen LogP contribution in [0.25, 0.3) is 0 Å². The van der Waals surface area contributed by atoms with Crippen molar-refractivity contribution in [1.29, 1.82) is 0 Å². The second-order valence-electron chi connectivity index (χ2n) is 8.09. The predicted octanol–water partition coefficient (Wildman–Crippen LogP) is 1.34. The van der Waals surface area contributed by atoms with Crippen LogP contribution in [-0.2, 0) is 19.1 Å². The maximum Gasteiger partial charge on any atom is 0.327 e. The van der Waals surface area contributed by atoms with Gasteiger partial charge in [0.1, 0.15) is 12.1 Å². The topological polar surface area (TPSA) is 79.4 Å². The van der Waals surface area contributed by atoms with Gasteiger partial charge in [-0.3, -0.25) is 14.5 Å². The average molecular weight is 379 g/mol. The number of piperidine rings is 1. The van der Waals surface area contributed by atoms with E-state index >= 15 is 0 Å². The van der Waals surface area contributed by atoms with Crippen molar-refractivity contribution in [1.82, 2.24) is 14.7 Å². The maximum absolute atomic E-state index is 13.1. The molecule has 8 nitrogen and oxygen atoms in total. The van der Waals surface area contributed by atoms with Gasteiger partial charge in [0.15, 0.2) is 6.29 Å². The molecule has 8 heteroatoms. The van der Waals surface area contributed by atoms with Crippen LogP contribution in [0.1, 0.15) is 51.4 Å². The van der Waals surface area contributed by atoms with E-state index in [1.807, 2.05) is 0 Å². The van der Waals surface area contributed by atoms with Gasteiger partial charge in [-0.05, 0) is 32.1 Å². The molecule has 4 rings (SSSR count). The molecule has 0 N–H and O–H groups in total. The fourth-order valence-corrected chi connectivity index (χ4v) is 5.05. The molecular weight excluding hydrogens is 350 g/mol. The van der Waals surface area contributed by atoms with Gasteiger partial charge in [-0.15, -0.1) is 0 Å². The van der Waals surface area contributed by atoms with Crippen LogP contribution in [0.2, 0.25) is 0 Å². The van der Waals surface area contributed by atoms with Gasteiger partial charge in [-0.1, -0.05) is 19.3 Å². The van der Waals surface area contributed by atoms with Gasteiger partial charge in [-0.25, -0.2) is 4.79 Å². The lowest BCUT2D eigenvalue weighted by Gasteiger charge is -2.38. The number of rotatable bonds is 3. The molecule has 0 aromatic heterocycles. The second kappa shape index (κ2) is 7.39. The Labute approximate surface area is 159 Å². The van der Waals surface area contributed by atoms with E-state index in [2.05, 4.69) is 0 Å². The van der Waals surface area contributed by atoms with Crippen molar-refractivity contribution < 1.29 is 23.9 Å². The Morgan fingerprint density at radius 3 is 2.48 bits per heavy atom. The number of nitrogens with zero attached hydrogens (tertiary/aromatic N) is 3. The Kier molecular flexibility index (Phi) is 5.11. The Balaban J connectivity index is 1.48. The molecule has 1 atom stereocenters. The average Bonchev–Trinajstić information content (AvgIpc) is 3.29. The number of ether oxygens (including phenoxy) is 2. The summed E-state index contributed by atoms with van der Waals surface area (Å²) in [5.41, 5.74) is -0.741. The van der Waals surface area contributed by atoms with Crippen molar-refractivity contribution in [2.75, 3.05) is 33.4 Å². The minimum absolute atomic E-state index is 0.136. The first-order valence-electron chi connectivity index (χ1n) is 10.2. The van der Waals surface area contributed by atoms with Crippen LogP contribution in [0.15, 0.2) is 0 Å². The molecule has 3 heterocycles. The number of likely N-dealkylation sites (tertiary alicyclic amines) is 1. The molecule has 4 aliphatic rings. The zero-order chi connectivity index (χ0) is 19.0. The monoisotopic (exact) mass is 379 g/mol. The number of urea groups is 1. The largest absolute Gasteiger partial charge is 0.348 e. The number of hydrogen-bond donors (Lipinski definition) is 0. The van der Waals surface area contributed by atoms with Crippen LogP contribution in [-0.4, -0.2) is 83.8 Å². The molecule has 0 aromatic carbocycles. The van der Waals surface area contributed by atoms with Gasteiger partial charge in [0, 0.05) is 13.6 Å². The molecule has 3 aliphatic heterocycles.